The molecule has 0 aromatic heterocycles. The number of hydrogen-bond donors (Lipinski definition) is 2. The second-order valence-electron chi connectivity index (χ2n) is 6.40. The monoisotopic (exact) mass is 240 g/mol. The lowest BCUT2D eigenvalue weighted by atomic mass is 9.96. The summed E-state index contributed by atoms with van der Waals surface area (Å²) in [6.07, 6.45) is 4.14. The fourth-order valence-corrected chi connectivity index (χ4v) is 3.28. The van der Waals surface area contributed by atoms with Crippen LogP contribution in [-0.4, -0.2) is 23.8 Å². The number of hydrogen-bond acceptors (Lipinski definition) is 3. The van der Waals surface area contributed by atoms with Crippen molar-refractivity contribution in [2.75, 3.05) is 0 Å². The molecule has 0 aromatic carbocycles. The number of carbonyl (C=O) groups is 1. The standard InChI is InChI=1S/C13H24N2O2/c1-13(2,3)17-12(16)15-11-7-5-8-9(11)4-6-10(8)14/h8-11H,4-7,14H2,1-3H3,(H,15,16)/t8-,9-,10-,11+/m0/s1. The Morgan fingerprint density at radius 1 is 1.18 bits per heavy atom. The van der Waals surface area contributed by atoms with Gasteiger partial charge in [0, 0.05) is 12.1 Å². The molecule has 4 atom stereocenters. The predicted molar refractivity (Wildman–Crippen MR) is 66.6 cm³/mol. The minimum Gasteiger partial charge on any atom is -0.444 e. The molecule has 0 unspecified atom stereocenters. The molecule has 0 aromatic rings. The van der Waals surface area contributed by atoms with Crippen molar-refractivity contribution in [1.82, 2.24) is 5.32 Å². The highest BCUT2D eigenvalue weighted by molar-refractivity contribution is 5.68. The zero-order valence-electron chi connectivity index (χ0n) is 11.0. The highest BCUT2D eigenvalue weighted by Gasteiger charge is 2.44. The lowest BCUT2D eigenvalue weighted by Gasteiger charge is -2.24. The third-order valence-corrected chi connectivity index (χ3v) is 3.96. The summed E-state index contributed by atoms with van der Waals surface area (Å²) >= 11 is 0. The van der Waals surface area contributed by atoms with Crippen LogP contribution in [0.3, 0.4) is 0 Å². The van der Waals surface area contributed by atoms with Crippen LogP contribution in [0.15, 0.2) is 0 Å². The molecular weight excluding hydrogens is 216 g/mol. The molecule has 0 spiro atoms. The summed E-state index contributed by atoms with van der Waals surface area (Å²) in [5.41, 5.74) is 5.65. The third-order valence-electron chi connectivity index (χ3n) is 3.96. The quantitative estimate of drug-likeness (QED) is 0.737. The smallest absolute Gasteiger partial charge is 0.407 e. The first-order valence-electron chi connectivity index (χ1n) is 6.62. The van der Waals surface area contributed by atoms with Crippen molar-refractivity contribution in [1.29, 1.82) is 0 Å². The summed E-state index contributed by atoms with van der Waals surface area (Å²) < 4.78 is 5.29. The van der Waals surface area contributed by atoms with E-state index in [0.717, 1.165) is 25.7 Å². The van der Waals surface area contributed by atoms with E-state index in [0.29, 0.717) is 17.9 Å². The number of rotatable bonds is 1. The number of nitrogens with one attached hydrogen (secondary N) is 1. The number of fused-ring (bicyclic) bond motifs is 1. The molecule has 3 N–H and O–H groups in total. The number of alkyl carbamates (subject to hydrolysis) is 1. The SMILES string of the molecule is CC(C)(C)OC(=O)N[C@@H]1CC[C@H]2[C@@H]1CC[C@@H]2N. The van der Waals surface area contributed by atoms with E-state index in [4.69, 9.17) is 10.5 Å². The fourth-order valence-electron chi connectivity index (χ4n) is 3.28. The van der Waals surface area contributed by atoms with Crippen LogP contribution >= 0.6 is 0 Å². The van der Waals surface area contributed by atoms with Gasteiger partial charge in [0.05, 0.1) is 0 Å². The van der Waals surface area contributed by atoms with Gasteiger partial charge in [-0.25, -0.2) is 4.79 Å². The minimum atomic E-state index is -0.422. The van der Waals surface area contributed by atoms with Crippen LogP contribution in [0.5, 0.6) is 0 Å². The molecule has 4 nitrogen and oxygen atoms in total. The van der Waals surface area contributed by atoms with Gasteiger partial charge < -0.3 is 15.8 Å². The zero-order chi connectivity index (χ0) is 12.6. The molecule has 2 fully saturated rings. The Bertz CT molecular complexity index is 298. The largest absolute Gasteiger partial charge is 0.444 e. The fraction of sp³-hybridized carbons (Fsp3) is 0.923. The zero-order valence-corrected chi connectivity index (χ0v) is 11.0. The summed E-state index contributed by atoms with van der Waals surface area (Å²) in [6.45, 7) is 5.65. The summed E-state index contributed by atoms with van der Waals surface area (Å²) in [7, 11) is 0. The van der Waals surface area contributed by atoms with Crippen molar-refractivity contribution < 1.29 is 9.53 Å². The predicted octanol–water partition coefficient (Wildman–Crippen LogP) is 2.03. The first-order valence-corrected chi connectivity index (χ1v) is 6.62. The highest BCUT2D eigenvalue weighted by Crippen LogP contribution is 2.43. The normalized spacial score (nSPS) is 36.7. The van der Waals surface area contributed by atoms with Gasteiger partial charge in [0.15, 0.2) is 0 Å². The molecule has 4 heteroatoms. The lowest BCUT2D eigenvalue weighted by molar-refractivity contribution is 0.0491. The van der Waals surface area contributed by atoms with E-state index in [9.17, 15) is 4.79 Å². The van der Waals surface area contributed by atoms with Gasteiger partial charge >= 0.3 is 6.09 Å². The molecule has 0 bridgehead atoms. The first kappa shape index (κ1) is 12.7. The van der Waals surface area contributed by atoms with Gasteiger partial charge in [-0.3, -0.25) is 0 Å². The van der Waals surface area contributed by atoms with E-state index in [1.165, 1.54) is 0 Å². The Kier molecular flexibility index (Phi) is 3.34. The van der Waals surface area contributed by atoms with Gasteiger partial charge in [-0.2, -0.15) is 0 Å². The van der Waals surface area contributed by atoms with Crippen LogP contribution in [0, 0.1) is 11.8 Å². The second-order valence-corrected chi connectivity index (χ2v) is 6.40. The van der Waals surface area contributed by atoms with Crippen LogP contribution in [0.2, 0.25) is 0 Å². The van der Waals surface area contributed by atoms with E-state index in [2.05, 4.69) is 5.32 Å². The average molecular weight is 240 g/mol. The number of nitrogens with two attached hydrogens (primary N) is 1. The van der Waals surface area contributed by atoms with E-state index in [1.54, 1.807) is 0 Å². The van der Waals surface area contributed by atoms with Crippen molar-refractivity contribution in [2.24, 2.45) is 17.6 Å². The number of ether oxygens (including phenoxy) is 1. The Morgan fingerprint density at radius 3 is 2.47 bits per heavy atom. The van der Waals surface area contributed by atoms with E-state index in [1.807, 2.05) is 20.8 Å². The van der Waals surface area contributed by atoms with Gasteiger partial charge in [0.2, 0.25) is 0 Å². The Balaban J connectivity index is 1.86. The lowest BCUT2D eigenvalue weighted by Crippen LogP contribution is -2.41. The van der Waals surface area contributed by atoms with Crippen molar-refractivity contribution in [2.45, 2.75) is 64.1 Å². The highest BCUT2D eigenvalue weighted by atomic mass is 16.6. The van der Waals surface area contributed by atoms with Gasteiger partial charge in [-0.1, -0.05) is 0 Å². The van der Waals surface area contributed by atoms with Crippen molar-refractivity contribution in [3.63, 3.8) is 0 Å². The number of amides is 1. The van der Waals surface area contributed by atoms with Crippen molar-refractivity contribution in [3.05, 3.63) is 0 Å². The Labute approximate surface area is 103 Å². The molecule has 17 heavy (non-hydrogen) atoms. The summed E-state index contributed by atoms with van der Waals surface area (Å²) in [6, 6.07) is 0.605. The molecule has 1 amide bonds. The molecular formula is C13H24N2O2. The van der Waals surface area contributed by atoms with E-state index < -0.39 is 5.60 Å². The first-order chi connectivity index (χ1) is 7.87. The minimum absolute atomic E-state index is 0.267. The Hall–Kier alpha value is -0.770. The Morgan fingerprint density at radius 2 is 1.82 bits per heavy atom. The summed E-state index contributed by atoms with van der Waals surface area (Å²) in [5, 5.41) is 3.01. The van der Waals surface area contributed by atoms with Crippen LogP contribution in [0.4, 0.5) is 4.79 Å². The molecule has 2 aliphatic carbocycles. The second kappa shape index (κ2) is 4.48. The molecule has 0 heterocycles. The maximum Gasteiger partial charge on any atom is 0.407 e. The molecule has 2 rings (SSSR count). The molecule has 0 aliphatic heterocycles. The molecule has 0 radical (unpaired) electrons. The van der Waals surface area contributed by atoms with Crippen LogP contribution in [-0.2, 0) is 4.74 Å². The summed E-state index contributed by atoms with van der Waals surface area (Å²) in [4.78, 5) is 11.7. The molecule has 0 saturated heterocycles. The average Bonchev–Trinajstić information content (AvgIpc) is 2.69. The van der Waals surface area contributed by atoms with Gasteiger partial charge in [0.25, 0.3) is 0 Å². The van der Waals surface area contributed by atoms with Crippen LogP contribution in [0.1, 0.15) is 46.5 Å². The third kappa shape index (κ3) is 2.92. The van der Waals surface area contributed by atoms with Gasteiger partial charge in [0.1, 0.15) is 5.60 Å². The van der Waals surface area contributed by atoms with E-state index in [-0.39, 0.29) is 12.1 Å². The molecule has 2 saturated carbocycles. The number of carbonyl (C=O) groups excluding carboxylic acids is 1. The van der Waals surface area contributed by atoms with Crippen LogP contribution in [0.25, 0.3) is 0 Å². The summed E-state index contributed by atoms with van der Waals surface area (Å²) in [5.74, 6) is 1.17. The maximum absolute atomic E-state index is 11.7. The van der Waals surface area contributed by atoms with Gasteiger partial charge in [-0.05, 0) is 58.3 Å². The van der Waals surface area contributed by atoms with Crippen molar-refractivity contribution in [3.8, 4) is 0 Å². The maximum atomic E-state index is 11.7. The van der Waals surface area contributed by atoms with Crippen LogP contribution < -0.4 is 11.1 Å². The molecule has 98 valence electrons. The van der Waals surface area contributed by atoms with Gasteiger partial charge in [-0.15, -0.1) is 0 Å². The topological polar surface area (TPSA) is 64.3 Å². The van der Waals surface area contributed by atoms with Crippen molar-refractivity contribution >= 4 is 6.09 Å². The van der Waals surface area contributed by atoms with E-state index >= 15 is 0 Å². The molecule has 2 aliphatic rings.